The van der Waals surface area contributed by atoms with E-state index < -0.39 is 0 Å². The number of rotatable bonds is 5. The van der Waals surface area contributed by atoms with Crippen molar-refractivity contribution in [1.82, 2.24) is 10.2 Å². The molecule has 1 amide bonds. The van der Waals surface area contributed by atoms with Gasteiger partial charge < -0.3 is 5.32 Å². The van der Waals surface area contributed by atoms with Crippen LogP contribution in [-0.2, 0) is 4.79 Å². The fourth-order valence-electron chi connectivity index (χ4n) is 1.58. The normalized spacial score (nSPS) is 10.4. The van der Waals surface area contributed by atoms with E-state index in [1.165, 1.54) is 10.5 Å². The van der Waals surface area contributed by atoms with Gasteiger partial charge in [-0.15, -0.1) is 11.8 Å². The lowest BCUT2D eigenvalue weighted by atomic mass is 10.2. The van der Waals surface area contributed by atoms with Crippen LogP contribution in [0.15, 0.2) is 35.2 Å². The molecule has 0 aliphatic rings. The molecule has 1 aromatic carbocycles. The van der Waals surface area contributed by atoms with Crippen molar-refractivity contribution in [3.05, 3.63) is 41.6 Å². The zero-order chi connectivity index (χ0) is 13.7. The van der Waals surface area contributed by atoms with Crippen LogP contribution in [0, 0.1) is 13.8 Å². The zero-order valence-corrected chi connectivity index (χ0v) is 11.9. The summed E-state index contributed by atoms with van der Waals surface area (Å²) in [6.07, 6.45) is 0.477. The number of aromatic nitrogens is 2. The molecular weight excluding hydrogens is 258 g/mol. The molecule has 1 aromatic heterocycles. The van der Waals surface area contributed by atoms with Crippen LogP contribution < -0.4 is 5.32 Å². The lowest BCUT2D eigenvalue weighted by Gasteiger charge is -2.03. The smallest absolute Gasteiger partial charge is 0.226 e. The number of carbonyl (C=O) groups excluding carboxylic acids is 1. The molecule has 2 aromatic rings. The predicted molar refractivity (Wildman–Crippen MR) is 78.5 cm³/mol. The number of aromatic amines is 1. The van der Waals surface area contributed by atoms with E-state index in [0.29, 0.717) is 12.2 Å². The average molecular weight is 275 g/mol. The molecule has 0 radical (unpaired) electrons. The van der Waals surface area contributed by atoms with Crippen molar-refractivity contribution in [2.75, 3.05) is 11.1 Å². The first-order valence-electron chi connectivity index (χ1n) is 6.15. The molecule has 0 bridgehead atoms. The van der Waals surface area contributed by atoms with Gasteiger partial charge in [0.05, 0.1) is 0 Å². The highest BCUT2D eigenvalue weighted by Crippen LogP contribution is 2.19. The average Bonchev–Trinajstić information content (AvgIpc) is 2.77. The molecule has 19 heavy (non-hydrogen) atoms. The standard InChI is InChI=1S/C14H17N3OS/c1-10-3-5-12(6-4-10)19-8-7-14(18)15-13-9-11(2)16-17-13/h3-6,9H,7-8H2,1-2H3,(H2,15,16,17,18). The topological polar surface area (TPSA) is 57.8 Å². The van der Waals surface area contributed by atoms with Gasteiger partial charge in [-0.1, -0.05) is 17.7 Å². The molecule has 2 N–H and O–H groups in total. The Hall–Kier alpha value is -1.75. The summed E-state index contributed by atoms with van der Waals surface area (Å²) < 4.78 is 0. The molecule has 100 valence electrons. The minimum Gasteiger partial charge on any atom is -0.309 e. The Morgan fingerprint density at radius 1 is 1.32 bits per heavy atom. The van der Waals surface area contributed by atoms with Gasteiger partial charge in [-0.2, -0.15) is 5.10 Å². The van der Waals surface area contributed by atoms with E-state index in [1.54, 1.807) is 11.8 Å². The molecule has 0 saturated heterocycles. The van der Waals surface area contributed by atoms with Gasteiger partial charge in [0.1, 0.15) is 0 Å². The van der Waals surface area contributed by atoms with E-state index >= 15 is 0 Å². The van der Waals surface area contributed by atoms with Gasteiger partial charge in [0.15, 0.2) is 5.82 Å². The van der Waals surface area contributed by atoms with Gasteiger partial charge in [-0.25, -0.2) is 0 Å². The number of H-pyrrole nitrogens is 1. The lowest BCUT2D eigenvalue weighted by Crippen LogP contribution is -2.12. The van der Waals surface area contributed by atoms with Crippen LogP contribution in [0.5, 0.6) is 0 Å². The van der Waals surface area contributed by atoms with Crippen molar-refractivity contribution in [3.8, 4) is 0 Å². The van der Waals surface area contributed by atoms with Crippen molar-refractivity contribution in [3.63, 3.8) is 0 Å². The van der Waals surface area contributed by atoms with Crippen LogP contribution in [0.25, 0.3) is 0 Å². The van der Waals surface area contributed by atoms with E-state index in [4.69, 9.17) is 0 Å². The van der Waals surface area contributed by atoms with Crippen LogP contribution in [0.4, 0.5) is 5.82 Å². The number of carbonyl (C=O) groups is 1. The van der Waals surface area contributed by atoms with Crippen LogP contribution in [0.3, 0.4) is 0 Å². The van der Waals surface area contributed by atoms with Crippen molar-refractivity contribution < 1.29 is 4.79 Å². The Morgan fingerprint density at radius 3 is 2.68 bits per heavy atom. The molecule has 0 saturated carbocycles. The molecule has 1 heterocycles. The number of hydrogen-bond donors (Lipinski definition) is 2. The van der Waals surface area contributed by atoms with E-state index in [2.05, 4.69) is 46.7 Å². The number of nitrogens with zero attached hydrogens (tertiary/aromatic N) is 1. The summed E-state index contributed by atoms with van der Waals surface area (Å²) in [6, 6.07) is 10.1. The summed E-state index contributed by atoms with van der Waals surface area (Å²) in [7, 11) is 0. The quantitative estimate of drug-likeness (QED) is 0.824. The largest absolute Gasteiger partial charge is 0.309 e. The van der Waals surface area contributed by atoms with Crippen molar-refractivity contribution in [2.24, 2.45) is 0 Å². The van der Waals surface area contributed by atoms with E-state index in [0.717, 1.165) is 11.4 Å². The van der Waals surface area contributed by atoms with E-state index in [1.807, 2.05) is 13.0 Å². The highest BCUT2D eigenvalue weighted by atomic mass is 32.2. The van der Waals surface area contributed by atoms with Crippen LogP contribution in [0.2, 0.25) is 0 Å². The highest BCUT2D eigenvalue weighted by molar-refractivity contribution is 7.99. The van der Waals surface area contributed by atoms with Gasteiger partial charge in [0.2, 0.25) is 5.91 Å². The van der Waals surface area contributed by atoms with E-state index in [-0.39, 0.29) is 5.91 Å². The van der Waals surface area contributed by atoms with Crippen molar-refractivity contribution in [1.29, 1.82) is 0 Å². The summed E-state index contributed by atoms with van der Waals surface area (Å²) in [6.45, 7) is 3.96. The molecule has 0 spiro atoms. The Balaban J connectivity index is 1.73. The summed E-state index contributed by atoms with van der Waals surface area (Å²) in [5.74, 6) is 1.34. The maximum absolute atomic E-state index is 11.7. The van der Waals surface area contributed by atoms with Gasteiger partial charge in [0.25, 0.3) is 0 Å². The number of benzene rings is 1. The molecule has 5 heteroatoms. The molecule has 4 nitrogen and oxygen atoms in total. The fraction of sp³-hybridized carbons (Fsp3) is 0.286. The van der Waals surface area contributed by atoms with Crippen molar-refractivity contribution in [2.45, 2.75) is 25.2 Å². The second-order valence-corrected chi connectivity index (χ2v) is 5.56. The highest BCUT2D eigenvalue weighted by Gasteiger charge is 2.05. The van der Waals surface area contributed by atoms with Gasteiger partial charge in [-0.05, 0) is 26.0 Å². The molecule has 2 rings (SSSR count). The van der Waals surface area contributed by atoms with Gasteiger partial charge in [-0.3, -0.25) is 9.89 Å². The molecular formula is C14H17N3OS. The van der Waals surface area contributed by atoms with Crippen LogP contribution >= 0.6 is 11.8 Å². The predicted octanol–water partition coefficient (Wildman–Crippen LogP) is 3.15. The third-order valence-corrected chi connectivity index (χ3v) is 3.61. The summed E-state index contributed by atoms with van der Waals surface area (Å²) in [5, 5.41) is 9.52. The molecule has 0 fully saturated rings. The van der Waals surface area contributed by atoms with E-state index in [9.17, 15) is 4.79 Å². The van der Waals surface area contributed by atoms with Gasteiger partial charge in [0, 0.05) is 28.8 Å². The summed E-state index contributed by atoms with van der Waals surface area (Å²) in [4.78, 5) is 12.9. The minimum absolute atomic E-state index is 0.00823. The number of nitrogens with one attached hydrogen (secondary N) is 2. The number of thioether (sulfide) groups is 1. The Kier molecular flexibility index (Phi) is 4.63. The van der Waals surface area contributed by atoms with Crippen LogP contribution in [0.1, 0.15) is 17.7 Å². The SMILES string of the molecule is Cc1ccc(SCCC(=O)Nc2cc(C)[nH]n2)cc1. The fourth-order valence-corrected chi connectivity index (χ4v) is 2.44. The second-order valence-electron chi connectivity index (χ2n) is 4.40. The third-order valence-electron chi connectivity index (χ3n) is 2.59. The number of amides is 1. The molecule has 0 unspecified atom stereocenters. The van der Waals surface area contributed by atoms with Crippen molar-refractivity contribution >= 4 is 23.5 Å². The summed E-state index contributed by atoms with van der Waals surface area (Å²) in [5.41, 5.74) is 2.18. The maximum atomic E-state index is 11.7. The molecule has 0 aliphatic heterocycles. The second kappa shape index (κ2) is 6.43. The Bertz CT molecular complexity index is 548. The molecule has 0 atom stereocenters. The monoisotopic (exact) mass is 275 g/mol. The first-order chi connectivity index (χ1) is 9.13. The number of aryl methyl sites for hydroxylation is 2. The summed E-state index contributed by atoms with van der Waals surface area (Å²) >= 11 is 1.68. The van der Waals surface area contributed by atoms with Crippen LogP contribution in [-0.4, -0.2) is 21.9 Å². The Labute approximate surface area is 117 Å². The zero-order valence-electron chi connectivity index (χ0n) is 11.1. The number of hydrogen-bond acceptors (Lipinski definition) is 3. The number of anilines is 1. The first kappa shape index (κ1) is 13.7. The Morgan fingerprint density at radius 2 is 2.05 bits per heavy atom. The van der Waals surface area contributed by atoms with Gasteiger partial charge >= 0.3 is 0 Å². The first-order valence-corrected chi connectivity index (χ1v) is 7.13. The minimum atomic E-state index is -0.00823. The lowest BCUT2D eigenvalue weighted by molar-refractivity contribution is -0.115. The molecule has 0 aliphatic carbocycles. The third kappa shape index (κ3) is 4.44. The maximum Gasteiger partial charge on any atom is 0.226 e.